The predicted octanol–water partition coefficient (Wildman–Crippen LogP) is 0.101. The Morgan fingerprint density at radius 2 is 2.36 bits per heavy atom. The van der Waals surface area contributed by atoms with Crippen molar-refractivity contribution in [3.8, 4) is 24.7 Å². The predicted molar refractivity (Wildman–Crippen MR) is 42.4 cm³/mol. The summed E-state index contributed by atoms with van der Waals surface area (Å²) in [5, 5.41) is 0. The highest BCUT2D eigenvalue weighted by Crippen LogP contribution is 2.15. The van der Waals surface area contributed by atoms with E-state index in [2.05, 4.69) is 11.8 Å². The monoisotopic (exact) mass is 147 g/mol. The van der Waals surface area contributed by atoms with Gasteiger partial charge in [0.2, 0.25) is 5.91 Å². The van der Waals surface area contributed by atoms with Crippen LogP contribution in [0, 0.1) is 30.6 Å². The van der Waals surface area contributed by atoms with Crippen molar-refractivity contribution in [2.24, 2.45) is 5.92 Å². The lowest BCUT2D eigenvalue weighted by Crippen LogP contribution is -2.25. The Morgan fingerprint density at radius 3 is 2.82 bits per heavy atom. The van der Waals surface area contributed by atoms with Crippen molar-refractivity contribution in [3.05, 3.63) is 0 Å². The lowest BCUT2D eigenvalue weighted by molar-refractivity contribution is -0.127. The van der Waals surface area contributed by atoms with Gasteiger partial charge >= 0.3 is 0 Å². The van der Waals surface area contributed by atoms with E-state index in [9.17, 15) is 4.79 Å². The molecule has 1 amide bonds. The molecule has 1 aliphatic rings. The van der Waals surface area contributed by atoms with Crippen LogP contribution in [0.25, 0.3) is 0 Å². The van der Waals surface area contributed by atoms with Gasteiger partial charge in [0.25, 0.3) is 0 Å². The molecule has 0 radical (unpaired) electrons. The first kappa shape index (κ1) is 7.69. The maximum Gasteiger partial charge on any atom is 0.224 e. The summed E-state index contributed by atoms with van der Waals surface area (Å²) in [5.41, 5.74) is 0. The summed E-state index contributed by atoms with van der Waals surface area (Å²) in [4.78, 5) is 12.7. The van der Waals surface area contributed by atoms with E-state index in [0.29, 0.717) is 19.5 Å². The molecule has 0 bridgehead atoms. The number of carbonyl (C=O) groups excluding carboxylic acids is 1. The summed E-state index contributed by atoms with van der Waals surface area (Å²) in [6, 6.07) is 0. The molecule has 2 heteroatoms. The third-order valence-electron chi connectivity index (χ3n) is 1.73. The lowest BCUT2D eigenvalue weighted by Gasteiger charge is -2.10. The fourth-order valence-electron chi connectivity index (χ4n) is 1.15. The van der Waals surface area contributed by atoms with Crippen LogP contribution in [0.1, 0.15) is 6.42 Å². The molecule has 1 heterocycles. The van der Waals surface area contributed by atoms with Crippen LogP contribution < -0.4 is 0 Å². The molecule has 2 nitrogen and oxygen atoms in total. The minimum Gasteiger partial charge on any atom is -0.330 e. The van der Waals surface area contributed by atoms with Crippen LogP contribution in [0.15, 0.2) is 0 Å². The van der Waals surface area contributed by atoms with Crippen molar-refractivity contribution in [1.82, 2.24) is 4.90 Å². The highest BCUT2D eigenvalue weighted by Gasteiger charge is 2.26. The van der Waals surface area contributed by atoms with E-state index >= 15 is 0 Å². The van der Waals surface area contributed by atoms with Crippen molar-refractivity contribution in [2.75, 3.05) is 13.1 Å². The second kappa shape index (κ2) is 3.12. The van der Waals surface area contributed by atoms with Gasteiger partial charge in [-0.15, -0.1) is 18.8 Å². The first-order chi connectivity index (χ1) is 5.27. The van der Waals surface area contributed by atoms with Gasteiger partial charge in [-0.3, -0.25) is 4.79 Å². The molecule has 1 aliphatic heterocycles. The second-order valence-corrected chi connectivity index (χ2v) is 2.55. The average Bonchev–Trinajstić information content (AvgIpc) is 2.33. The minimum atomic E-state index is 0.0656. The Labute approximate surface area is 66.6 Å². The van der Waals surface area contributed by atoms with Gasteiger partial charge in [0, 0.05) is 18.9 Å². The van der Waals surface area contributed by atoms with Crippen LogP contribution in [0.5, 0.6) is 0 Å². The van der Waals surface area contributed by atoms with Crippen LogP contribution in [0.3, 0.4) is 0 Å². The van der Waals surface area contributed by atoms with Gasteiger partial charge in [0.05, 0.1) is 6.54 Å². The summed E-state index contributed by atoms with van der Waals surface area (Å²) in [7, 11) is 0. The molecule has 0 aliphatic carbocycles. The summed E-state index contributed by atoms with van der Waals surface area (Å²) >= 11 is 0. The van der Waals surface area contributed by atoms with Crippen LogP contribution >= 0.6 is 0 Å². The van der Waals surface area contributed by atoms with Gasteiger partial charge in [0.1, 0.15) is 0 Å². The van der Waals surface area contributed by atoms with Crippen LogP contribution in [0.2, 0.25) is 0 Å². The van der Waals surface area contributed by atoms with E-state index in [1.165, 1.54) is 0 Å². The van der Waals surface area contributed by atoms with Gasteiger partial charge < -0.3 is 4.90 Å². The molecule has 1 rings (SSSR count). The van der Waals surface area contributed by atoms with Gasteiger partial charge in [-0.25, -0.2) is 0 Å². The fourth-order valence-corrected chi connectivity index (χ4v) is 1.15. The lowest BCUT2D eigenvalue weighted by atomic mass is 10.1. The van der Waals surface area contributed by atoms with E-state index in [0.717, 1.165) is 0 Å². The van der Waals surface area contributed by atoms with E-state index in [1.54, 1.807) is 4.90 Å². The molecular weight excluding hydrogens is 138 g/mol. The topological polar surface area (TPSA) is 20.3 Å². The molecule has 1 saturated heterocycles. The third kappa shape index (κ3) is 1.53. The molecule has 0 saturated carbocycles. The SMILES string of the molecule is C#CCN1CC(C#C)CC1=O. The number of hydrogen-bond donors (Lipinski definition) is 0. The van der Waals surface area contributed by atoms with Crippen LogP contribution in [0.4, 0.5) is 0 Å². The van der Waals surface area contributed by atoms with E-state index < -0.39 is 0 Å². The molecule has 0 aromatic heterocycles. The van der Waals surface area contributed by atoms with Gasteiger partial charge in [-0.1, -0.05) is 5.92 Å². The highest BCUT2D eigenvalue weighted by atomic mass is 16.2. The maximum atomic E-state index is 11.1. The zero-order chi connectivity index (χ0) is 8.27. The summed E-state index contributed by atoms with van der Waals surface area (Å²) in [6.07, 6.45) is 10.7. The highest BCUT2D eigenvalue weighted by molar-refractivity contribution is 5.79. The van der Waals surface area contributed by atoms with E-state index in [1.807, 2.05) is 0 Å². The van der Waals surface area contributed by atoms with Crippen LogP contribution in [-0.4, -0.2) is 23.9 Å². The normalized spacial score (nSPS) is 22.9. The largest absolute Gasteiger partial charge is 0.330 e. The molecule has 1 atom stereocenters. The summed E-state index contributed by atoms with van der Waals surface area (Å²) in [5.74, 6) is 5.11. The van der Waals surface area contributed by atoms with Gasteiger partial charge in [-0.05, 0) is 0 Å². The molecule has 56 valence electrons. The minimum absolute atomic E-state index is 0.0656. The molecule has 1 fully saturated rings. The quantitative estimate of drug-likeness (QED) is 0.482. The van der Waals surface area contributed by atoms with Crippen molar-refractivity contribution in [1.29, 1.82) is 0 Å². The number of likely N-dealkylation sites (tertiary alicyclic amines) is 1. The number of nitrogens with zero attached hydrogens (tertiary/aromatic N) is 1. The van der Waals surface area contributed by atoms with E-state index in [-0.39, 0.29) is 11.8 Å². The Balaban J connectivity index is 2.55. The number of hydrogen-bond acceptors (Lipinski definition) is 1. The first-order valence-corrected chi connectivity index (χ1v) is 3.45. The smallest absolute Gasteiger partial charge is 0.224 e. The van der Waals surface area contributed by atoms with Crippen molar-refractivity contribution in [3.63, 3.8) is 0 Å². The number of carbonyl (C=O) groups is 1. The second-order valence-electron chi connectivity index (χ2n) is 2.55. The zero-order valence-corrected chi connectivity index (χ0v) is 6.21. The first-order valence-electron chi connectivity index (χ1n) is 3.45. The third-order valence-corrected chi connectivity index (χ3v) is 1.73. The maximum absolute atomic E-state index is 11.1. The Kier molecular flexibility index (Phi) is 2.18. The number of rotatable bonds is 1. The molecule has 0 spiro atoms. The van der Waals surface area contributed by atoms with Gasteiger partial charge in [0.15, 0.2) is 0 Å². The molecule has 11 heavy (non-hydrogen) atoms. The summed E-state index contributed by atoms with van der Waals surface area (Å²) < 4.78 is 0. The number of terminal acetylenes is 2. The Hall–Kier alpha value is -1.41. The zero-order valence-electron chi connectivity index (χ0n) is 6.21. The molecular formula is C9H9NO. The molecule has 1 unspecified atom stereocenters. The summed E-state index contributed by atoms with van der Waals surface area (Å²) in [6.45, 7) is 1.01. The molecule has 0 aromatic rings. The molecule has 0 aromatic carbocycles. The Bertz CT molecular complexity index is 243. The molecule has 0 N–H and O–H groups in total. The van der Waals surface area contributed by atoms with Gasteiger partial charge in [-0.2, -0.15) is 0 Å². The van der Waals surface area contributed by atoms with Crippen molar-refractivity contribution < 1.29 is 4.79 Å². The average molecular weight is 147 g/mol. The fraction of sp³-hybridized carbons (Fsp3) is 0.444. The van der Waals surface area contributed by atoms with Crippen LogP contribution in [-0.2, 0) is 4.79 Å². The van der Waals surface area contributed by atoms with Crippen molar-refractivity contribution in [2.45, 2.75) is 6.42 Å². The van der Waals surface area contributed by atoms with E-state index in [4.69, 9.17) is 12.8 Å². The number of amides is 1. The standard InChI is InChI=1S/C9H9NO/c1-3-5-10-7-8(4-2)6-9(10)11/h1-2,8H,5-7H2. The Morgan fingerprint density at radius 1 is 1.64 bits per heavy atom. The van der Waals surface area contributed by atoms with Crippen molar-refractivity contribution >= 4 is 5.91 Å².